The van der Waals surface area contributed by atoms with E-state index in [2.05, 4.69) is 0 Å². The maximum Gasteiger partial charge on any atom is 0.204 e. The van der Waals surface area contributed by atoms with Gasteiger partial charge in [-0.15, -0.1) is 0 Å². The maximum absolute atomic E-state index is 11.3. The van der Waals surface area contributed by atoms with Gasteiger partial charge < -0.3 is 45.3 Å². The molecule has 9 heteroatoms. The Bertz CT molecular complexity index is 2150. The van der Waals surface area contributed by atoms with Gasteiger partial charge >= 0.3 is 0 Å². The molecule has 0 aliphatic carbocycles. The van der Waals surface area contributed by atoms with Crippen LogP contribution in [0.4, 0.5) is 0 Å². The van der Waals surface area contributed by atoms with Gasteiger partial charge in [-0.3, -0.25) is 0 Å². The van der Waals surface area contributed by atoms with Crippen LogP contribution in [0.5, 0.6) is 46.0 Å². The zero-order valence-electron chi connectivity index (χ0n) is 20.9. The Morgan fingerprint density at radius 2 is 0.805 bits per heavy atom. The van der Waals surface area contributed by atoms with E-state index in [1.165, 1.54) is 0 Å². The van der Waals surface area contributed by atoms with Crippen molar-refractivity contribution < 1.29 is 45.3 Å². The van der Waals surface area contributed by atoms with Crippen LogP contribution in [-0.2, 0) is 0 Å². The number of phenols is 8. The van der Waals surface area contributed by atoms with Crippen molar-refractivity contribution in [3.8, 4) is 68.2 Å². The van der Waals surface area contributed by atoms with E-state index in [1.807, 2.05) is 18.2 Å². The fourth-order valence-corrected chi connectivity index (χ4v) is 5.68. The Balaban J connectivity index is 1.81. The summed E-state index contributed by atoms with van der Waals surface area (Å²) in [5.41, 5.74) is 1.79. The molecule has 202 valence electrons. The van der Waals surface area contributed by atoms with E-state index >= 15 is 0 Å². The predicted molar refractivity (Wildman–Crippen MR) is 153 cm³/mol. The van der Waals surface area contributed by atoms with Crippen molar-refractivity contribution in [1.29, 1.82) is 0 Å². The Morgan fingerprint density at radius 3 is 1.34 bits per heavy atom. The highest BCUT2D eigenvalue weighted by Gasteiger charge is 2.32. The second-order valence-corrected chi connectivity index (χ2v) is 9.71. The standard InChI is InChI=1S/C32H20O9/c33-25-21-19(13-6-2-1-3-7-13)22-24(28(36)32(40)30(38)26(22)34)20(23(21)27(35)31(39)29(25)37)14-10-11-18-16(12-14)15-8-4-5-9-17(15)41-18/h1-12,33-40H. The summed E-state index contributed by atoms with van der Waals surface area (Å²) in [7, 11) is 0. The van der Waals surface area contributed by atoms with Crippen LogP contribution in [0.1, 0.15) is 0 Å². The molecule has 0 aliphatic heterocycles. The largest absolute Gasteiger partial charge is 0.504 e. The maximum atomic E-state index is 11.3. The normalized spacial score (nSPS) is 11.7. The molecule has 7 aromatic rings. The minimum atomic E-state index is -1.02. The van der Waals surface area contributed by atoms with E-state index < -0.39 is 46.0 Å². The van der Waals surface area contributed by atoms with Crippen molar-refractivity contribution in [2.45, 2.75) is 0 Å². The average molecular weight is 549 g/mol. The van der Waals surface area contributed by atoms with Crippen molar-refractivity contribution in [1.82, 2.24) is 0 Å². The molecule has 6 aromatic carbocycles. The van der Waals surface area contributed by atoms with Gasteiger partial charge in [0, 0.05) is 43.4 Å². The lowest BCUT2D eigenvalue weighted by Gasteiger charge is -2.22. The molecule has 0 bridgehead atoms. The smallest absolute Gasteiger partial charge is 0.204 e. The molecule has 0 amide bonds. The number of fused-ring (bicyclic) bond motifs is 5. The molecule has 1 aromatic heterocycles. The van der Waals surface area contributed by atoms with Crippen molar-refractivity contribution >= 4 is 43.5 Å². The third-order valence-corrected chi connectivity index (χ3v) is 7.52. The minimum absolute atomic E-state index is 0.000360. The van der Waals surface area contributed by atoms with Crippen LogP contribution in [0.3, 0.4) is 0 Å². The molecule has 1 heterocycles. The fraction of sp³-hybridized carbons (Fsp3) is 0. The van der Waals surface area contributed by atoms with Crippen LogP contribution in [0.25, 0.3) is 65.7 Å². The van der Waals surface area contributed by atoms with Gasteiger partial charge in [-0.25, -0.2) is 0 Å². The van der Waals surface area contributed by atoms with E-state index in [4.69, 9.17) is 4.42 Å². The molecule has 0 spiro atoms. The SMILES string of the molecule is Oc1c(O)c(O)c2c(-c3ccc4oc5ccccc5c4c3)c3c(O)c(O)c(O)c(O)c3c(-c3ccccc3)c2c1O. The van der Waals surface area contributed by atoms with Crippen molar-refractivity contribution in [2.75, 3.05) is 0 Å². The van der Waals surface area contributed by atoms with Gasteiger partial charge in [-0.05, 0) is 29.3 Å². The van der Waals surface area contributed by atoms with Gasteiger partial charge in [0.1, 0.15) is 11.2 Å². The third-order valence-electron chi connectivity index (χ3n) is 7.52. The summed E-state index contributed by atoms with van der Waals surface area (Å²) in [6.07, 6.45) is 0. The first-order valence-electron chi connectivity index (χ1n) is 12.4. The highest BCUT2D eigenvalue weighted by Crippen LogP contribution is 2.61. The predicted octanol–water partition coefficient (Wildman–Crippen LogP) is 6.87. The lowest BCUT2D eigenvalue weighted by molar-refractivity contribution is 0.350. The molecule has 9 nitrogen and oxygen atoms in total. The highest BCUT2D eigenvalue weighted by molar-refractivity contribution is 6.29. The van der Waals surface area contributed by atoms with Crippen LogP contribution in [-0.4, -0.2) is 40.9 Å². The molecular weight excluding hydrogens is 528 g/mol. The van der Waals surface area contributed by atoms with Crippen molar-refractivity contribution in [2.24, 2.45) is 0 Å². The molecule has 7 rings (SSSR count). The van der Waals surface area contributed by atoms with Crippen LogP contribution in [0.15, 0.2) is 77.2 Å². The summed E-state index contributed by atoms with van der Waals surface area (Å²) in [5, 5.41) is 88.0. The van der Waals surface area contributed by atoms with Gasteiger partial charge in [0.05, 0.1) is 0 Å². The Labute approximate surface area is 229 Å². The molecule has 0 atom stereocenters. The first-order valence-corrected chi connectivity index (χ1v) is 12.4. The first-order chi connectivity index (χ1) is 19.7. The van der Waals surface area contributed by atoms with Crippen LogP contribution in [0.2, 0.25) is 0 Å². The number of benzene rings is 6. The number of hydrogen-bond acceptors (Lipinski definition) is 9. The van der Waals surface area contributed by atoms with E-state index in [9.17, 15) is 40.9 Å². The van der Waals surface area contributed by atoms with Gasteiger partial charge in [0.15, 0.2) is 23.0 Å². The van der Waals surface area contributed by atoms with Crippen LogP contribution < -0.4 is 0 Å². The summed E-state index contributed by atoms with van der Waals surface area (Å²) in [4.78, 5) is 0. The van der Waals surface area contributed by atoms with Crippen LogP contribution >= 0.6 is 0 Å². The molecule has 8 N–H and O–H groups in total. The molecule has 0 fully saturated rings. The minimum Gasteiger partial charge on any atom is -0.504 e. The Hall–Kier alpha value is -5.96. The van der Waals surface area contributed by atoms with Crippen molar-refractivity contribution in [3.05, 3.63) is 72.8 Å². The molecular formula is C32H20O9. The number of furan rings is 1. The summed E-state index contributed by atoms with van der Waals surface area (Å²) in [6.45, 7) is 0. The molecule has 0 unspecified atom stereocenters. The quantitative estimate of drug-likeness (QED) is 0.0651. The average Bonchev–Trinajstić information content (AvgIpc) is 3.37. The number of aromatic hydroxyl groups is 8. The van der Waals surface area contributed by atoms with Gasteiger partial charge in [-0.1, -0.05) is 54.6 Å². The van der Waals surface area contributed by atoms with E-state index in [0.717, 1.165) is 5.39 Å². The number of rotatable bonds is 2. The lowest BCUT2D eigenvalue weighted by atomic mass is 9.83. The highest BCUT2D eigenvalue weighted by atomic mass is 16.4. The lowest BCUT2D eigenvalue weighted by Crippen LogP contribution is -1.94. The zero-order chi connectivity index (χ0) is 28.7. The summed E-state index contributed by atoms with van der Waals surface area (Å²) in [6, 6.07) is 20.5. The van der Waals surface area contributed by atoms with Gasteiger partial charge in [0.2, 0.25) is 23.0 Å². The van der Waals surface area contributed by atoms with E-state index in [1.54, 1.807) is 54.6 Å². The molecule has 41 heavy (non-hydrogen) atoms. The number of phenolic OH excluding ortho intramolecular Hbond substituents is 8. The number of para-hydroxylation sites is 1. The molecule has 0 saturated carbocycles. The Kier molecular flexibility index (Phi) is 4.86. The molecule has 0 saturated heterocycles. The first kappa shape index (κ1) is 24.1. The zero-order valence-corrected chi connectivity index (χ0v) is 20.9. The van der Waals surface area contributed by atoms with Gasteiger partial charge in [-0.2, -0.15) is 0 Å². The molecule has 0 radical (unpaired) electrons. The van der Waals surface area contributed by atoms with Crippen LogP contribution in [0, 0.1) is 0 Å². The van der Waals surface area contributed by atoms with E-state index in [0.29, 0.717) is 27.7 Å². The number of hydrogen-bond donors (Lipinski definition) is 8. The monoisotopic (exact) mass is 548 g/mol. The fourth-order valence-electron chi connectivity index (χ4n) is 5.68. The molecule has 0 aliphatic rings. The van der Waals surface area contributed by atoms with E-state index in [-0.39, 0.29) is 32.7 Å². The third kappa shape index (κ3) is 3.11. The topological polar surface area (TPSA) is 175 Å². The second-order valence-electron chi connectivity index (χ2n) is 9.71. The van der Waals surface area contributed by atoms with Gasteiger partial charge in [0.25, 0.3) is 0 Å². The second kappa shape index (κ2) is 8.27. The Morgan fingerprint density at radius 1 is 0.366 bits per heavy atom. The summed E-state index contributed by atoms with van der Waals surface area (Å²) < 4.78 is 5.93. The summed E-state index contributed by atoms with van der Waals surface area (Å²) in [5.74, 6) is -7.36. The van der Waals surface area contributed by atoms with Crippen molar-refractivity contribution in [3.63, 3.8) is 0 Å². The summed E-state index contributed by atoms with van der Waals surface area (Å²) >= 11 is 0.